The van der Waals surface area contributed by atoms with Crippen LogP contribution in [0, 0.1) is 18.8 Å². The Morgan fingerprint density at radius 2 is 0.718 bits per heavy atom. The highest BCUT2D eigenvalue weighted by molar-refractivity contribution is 5.25. The second kappa shape index (κ2) is 20.5. The number of rotatable bonds is 4. The highest BCUT2D eigenvalue weighted by Crippen LogP contribution is 2.34. The van der Waals surface area contributed by atoms with Crippen molar-refractivity contribution in [3.05, 3.63) is 108 Å². The van der Waals surface area contributed by atoms with Crippen molar-refractivity contribution in [2.45, 2.75) is 122 Å². The minimum atomic E-state index is 1.03. The average Bonchev–Trinajstić information content (AvgIpc) is 3.02. The van der Waals surface area contributed by atoms with Crippen LogP contribution in [0.5, 0.6) is 0 Å². The fraction of sp³-hybridized carbons (Fsp3) is 0.538. The minimum Gasteiger partial charge on any atom is -0.0622 e. The van der Waals surface area contributed by atoms with Crippen LogP contribution in [0.3, 0.4) is 0 Å². The smallest absolute Gasteiger partial charge is 0.00258 e. The van der Waals surface area contributed by atoms with Crippen LogP contribution in [0.15, 0.2) is 91.0 Å². The summed E-state index contributed by atoms with van der Waals surface area (Å²) in [6.07, 6.45) is 27.0. The molecule has 0 atom stereocenters. The van der Waals surface area contributed by atoms with Gasteiger partial charge in [-0.1, -0.05) is 199 Å². The van der Waals surface area contributed by atoms with Crippen molar-refractivity contribution >= 4 is 0 Å². The van der Waals surface area contributed by atoms with Gasteiger partial charge in [0.15, 0.2) is 0 Å². The van der Waals surface area contributed by atoms with Crippen LogP contribution in [0.2, 0.25) is 0 Å². The number of aryl methyl sites for hydroxylation is 1. The van der Waals surface area contributed by atoms with E-state index >= 15 is 0 Å². The summed E-state index contributed by atoms with van der Waals surface area (Å²) in [5.74, 6) is 2.24. The van der Waals surface area contributed by atoms with Gasteiger partial charge in [-0.2, -0.15) is 0 Å². The summed E-state index contributed by atoms with van der Waals surface area (Å²) in [5, 5.41) is 0. The molecule has 0 saturated heterocycles. The van der Waals surface area contributed by atoms with Gasteiger partial charge in [-0.05, 0) is 42.7 Å². The monoisotopic (exact) mass is 524 g/mol. The fourth-order valence-electron chi connectivity index (χ4n) is 6.34. The Labute approximate surface area is 241 Å². The van der Waals surface area contributed by atoms with Crippen molar-refractivity contribution in [3.8, 4) is 0 Å². The van der Waals surface area contributed by atoms with Gasteiger partial charge in [0.05, 0.1) is 0 Å². The summed E-state index contributed by atoms with van der Waals surface area (Å²) in [6, 6.07) is 31.3. The third-order valence-electron chi connectivity index (χ3n) is 8.65. The van der Waals surface area contributed by atoms with Gasteiger partial charge in [0.1, 0.15) is 0 Å². The van der Waals surface area contributed by atoms with E-state index in [1.165, 1.54) is 93.7 Å². The van der Waals surface area contributed by atoms with E-state index < -0.39 is 0 Å². The second-order valence-electron chi connectivity index (χ2n) is 12.2. The normalized spacial score (nSPS) is 17.8. The molecular formula is C39H56. The summed E-state index contributed by atoms with van der Waals surface area (Å²) < 4.78 is 0. The molecule has 0 bridgehead atoms. The molecule has 0 amide bonds. The molecule has 0 nitrogen and oxygen atoms in total. The third-order valence-corrected chi connectivity index (χ3v) is 8.65. The van der Waals surface area contributed by atoms with Gasteiger partial charge in [-0.25, -0.2) is 0 Å². The number of hydrogen-bond acceptors (Lipinski definition) is 0. The predicted molar refractivity (Wildman–Crippen MR) is 172 cm³/mol. The van der Waals surface area contributed by atoms with Crippen molar-refractivity contribution in [3.63, 3.8) is 0 Å². The van der Waals surface area contributed by atoms with E-state index in [0.29, 0.717) is 0 Å². The zero-order valence-electron chi connectivity index (χ0n) is 25.0. The Kier molecular flexibility index (Phi) is 16.4. The number of benzene rings is 3. The molecule has 0 unspecified atom stereocenters. The molecule has 0 heteroatoms. The standard InChI is InChI=1S/C13H24.C13H12.C7H8.C6H12/c2*1-3-7-12(8-4-1)11-13-9-5-2-6-10-13;1-7-5-3-2-4-6-7;1-2-4-6-5-3-1/h12-13H,1-11H2;1-10H,11H2;2-6H,1H3;1-6H2. The first-order chi connectivity index (χ1) is 19.3. The zero-order valence-corrected chi connectivity index (χ0v) is 25.0. The van der Waals surface area contributed by atoms with Crippen LogP contribution in [-0.4, -0.2) is 0 Å². The maximum atomic E-state index is 2.16. The Bertz CT molecular complexity index is 849. The molecule has 3 fully saturated rings. The molecule has 0 aromatic heterocycles. The summed E-state index contributed by atoms with van der Waals surface area (Å²) >= 11 is 0. The van der Waals surface area contributed by atoms with Gasteiger partial charge in [-0.15, -0.1) is 0 Å². The predicted octanol–water partition coefficient (Wildman–Crippen LogP) is 12.2. The summed E-state index contributed by atoms with van der Waals surface area (Å²) in [4.78, 5) is 0. The van der Waals surface area contributed by atoms with Gasteiger partial charge >= 0.3 is 0 Å². The first kappa shape index (κ1) is 31.2. The number of hydrogen-bond donors (Lipinski definition) is 0. The molecule has 0 spiro atoms. The zero-order chi connectivity index (χ0) is 27.2. The van der Waals surface area contributed by atoms with Gasteiger partial charge in [0, 0.05) is 0 Å². The lowest BCUT2D eigenvalue weighted by Crippen LogP contribution is -2.14. The molecule has 0 heterocycles. The Hall–Kier alpha value is -2.34. The van der Waals surface area contributed by atoms with E-state index in [2.05, 4.69) is 79.7 Å². The minimum absolute atomic E-state index is 1.03. The van der Waals surface area contributed by atoms with Gasteiger partial charge < -0.3 is 0 Å². The first-order valence-electron chi connectivity index (χ1n) is 16.4. The van der Waals surface area contributed by atoms with Crippen molar-refractivity contribution in [1.82, 2.24) is 0 Å². The van der Waals surface area contributed by atoms with E-state index in [1.807, 2.05) is 18.2 Å². The van der Waals surface area contributed by atoms with E-state index in [0.717, 1.165) is 18.3 Å². The molecule has 6 rings (SSSR count). The SMILES string of the molecule is C1CCC(CC2CCCCC2)CC1.C1CCCCC1.Cc1ccccc1.c1ccc(Cc2ccccc2)cc1. The molecule has 0 radical (unpaired) electrons. The van der Waals surface area contributed by atoms with Crippen molar-refractivity contribution in [2.24, 2.45) is 11.8 Å². The van der Waals surface area contributed by atoms with Gasteiger partial charge in [0.2, 0.25) is 0 Å². The lowest BCUT2D eigenvalue weighted by molar-refractivity contribution is 0.244. The molecule has 3 saturated carbocycles. The first-order valence-corrected chi connectivity index (χ1v) is 16.4. The average molecular weight is 525 g/mol. The summed E-state index contributed by atoms with van der Waals surface area (Å²) in [5.41, 5.74) is 4.06. The van der Waals surface area contributed by atoms with E-state index in [1.54, 1.807) is 32.1 Å². The van der Waals surface area contributed by atoms with Crippen molar-refractivity contribution in [2.75, 3.05) is 0 Å². The highest BCUT2D eigenvalue weighted by atomic mass is 14.3. The van der Waals surface area contributed by atoms with Gasteiger partial charge in [-0.3, -0.25) is 0 Å². The van der Waals surface area contributed by atoms with Crippen molar-refractivity contribution in [1.29, 1.82) is 0 Å². The molecule has 212 valence electrons. The van der Waals surface area contributed by atoms with Crippen LogP contribution in [0.1, 0.15) is 126 Å². The van der Waals surface area contributed by atoms with Crippen molar-refractivity contribution < 1.29 is 0 Å². The third kappa shape index (κ3) is 15.1. The molecule has 3 aromatic carbocycles. The lowest BCUT2D eigenvalue weighted by Gasteiger charge is -2.28. The molecule has 3 aliphatic rings. The molecule has 3 aromatic rings. The maximum Gasteiger partial charge on any atom is -0.00258 e. The van der Waals surface area contributed by atoms with Crippen LogP contribution in [0.25, 0.3) is 0 Å². The van der Waals surface area contributed by atoms with Crippen LogP contribution in [0.4, 0.5) is 0 Å². The molecular weight excluding hydrogens is 468 g/mol. The topological polar surface area (TPSA) is 0 Å². The van der Waals surface area contributed by atoms with E-state index in [-0.39, 0.29) is 0 Å². The van der Waals surface area contributed by atoms with Gasteiger partial charge in [0.25, 0.3) is 0 Å². The maximum absolute atomic E-state index is 2.16. The Morgan fingerprint density at radius 3 is 1.03 bits per heavy atom. The Morgan fingerprint density at radius 1 is 0.410 bits per heavy atom. The largest absolute Gasteiger partial charge is 0.0622 e. The highest BCUT2D eigenvalue weighted by Gasteiger charge is 2.20. The molecule has 0 N–H and O–H groups in total. The quantitative estimate of drug-likeness (QED) is 0.318. The van der Waals surface area contributed by atoms with Crippen LogP contribution in [-0.2, 0) is 6.42 Å². The molecule has 3 aliphatic carbocycles. The van der Waals surface area contributed by atoms with Crippen LogP contribution < -0.4 is 0 Å². The lowest BCUT2D eigenvalue weighted by atomic mass is 9.78. The second-order valence-corrected chi connectivity index (χ2v) is 12.2. The van der Waals surface area contributed by atoms with Crippen LogP contribution >= 0.6 is 0 Å². The Balaban J connectivity index is 0.000000151. The summed E-state index contributed by atoms with van der Waals surface area (Å²) in [6.45, 7) is 2.08. The molecule has 0 aliphatic heterocycles. The van der Waals surface area contributed by atoms with E-state index in [9.17, 15) is 0 Å². The van der Waals surface area contributed by atoms with E-state index in [4.69, 9.17) is 0 Å². The fourth-order valence-corrected chi connectivity index (χ4v) is 6.34. The summed E-state index contributed by atoms with van der Waals surface area (Å²) in [7, 11) is 0. The molecule has 39 heavy (non-hydrogen) atoms.